The van der Waals surface area contributed by atoms with Crippen molar-refractivity contribution in [3.05, 3.63) is 41.8 Å². The average molecular weight is 442 g/mol. The van der Waals surface area contributed by atoms with Gasteiger partial charge in [-0.1, -0.05) is 24.6 Å². The first kappa shape index (κ1) is 20.5. The van der Waals surface area contributed by atoms with Gasteiger partial charge >= 0.3 is 0 Å². The lowest BCUT2D eigenvalue weighted by Gasteiger charge is -2.10. The molecule has 0 aliphatic heterocycles. The molecular weight excluding hydrogens is 415 g/mol. The molecule has 5 nitrogen and oxygen atoms in total. The summed E-state index contributed by atoms with van der Waals surface area (Å²) in [7, 11) is 0. The monoisotopic (exact) mass is 442 g/mol. The average Bonchev–Trinajstić information content (AvgIpc) is 3.02. The highest BCUT2D eigenvalue weighted by atomic mass is 127. The van der Waals surface area contributed by atoms with Gasteiger partial charge in [-0.15, -0.1) is 24.0 Å². The number of hydrogen-bond donors (Lipinski definition) is 2. The minimum atomic E-state index is 0. The van der Waals surface area contributed by atoms with Gasteiger partial charge in [0.15, 0.2) is 5.96 Å². The molecule has 0 spiro atoms. The van der Waals surface area contributed by atoms with Crippen LogP contribution in [-0.4, -0.2) is 30.6 Å². The Morgan fingerprint density at radius 2 is 1.92 bits per heavy atom. The van der Waals surface area contributed by atoms with E-state index in [1.165, 1.54) is 5.56 Å². The second kappa shape index (κ2) is 11.1. The molecule has 2 rings (SSSR count). The number of guanidine groups is 1. The van der Waals surface area contributed by atoms with E-state index in [0.717, 1.165) is 49.7 Å². The molecule has 0 saturated heterocycles. The summed E-state index contributed by atoms with van der Waals surface area (Å²) >= 11 is 0. The highest BCUT2D eigenvalue weighted by Gasteiger charge is 2.06. The number of aliphatic imine (C=N–C) groups is 1. The maximum absolute atomic E-state index is 5.58. The molecular formula is C18H27IN4O. The Bertz CT molecular complexity index is 622. The number of rotatable bonds is 7. The Labute approximate surface area is 161 Å². The number of hydrogen-bond acceptors (Lipinski definition) is 3. The van der Waals surface area contributed by atoms with Crippen LogP contribution in [0.3, 0.4) is 0 Å². The molecule has 6 heteroatoms. The maximum atomic E-state index is 5.58. The summed E-state index contributed by atoms with van der Waals surface area (Å²) in [6, 6.07) is 8.19. The molecule has 0 atom stereocenters. The van der Waals surface area contributed by atoms with E-state index in [2.05, 4.69) is 53.5 Å². The van der Waals surface area contributed by atoms with Gasteiger partial charge in [0.05, 0.1) is 5.69 Å². The van der Waals surface area contributed by atoms with Crippen molar-refractivity contribution in [3.63, 3.8) is 0 Å². The Morgan fingerprint density at radius 3 is 2.58 bits per heavy atom. The van der Waals surface area contributed by atoms with Crippen LogP contribution in [0.4, 0.5) is 0 Å². The van der Waals surface area contributed by atoms with Gasteiger partial charge < -0.3 is 15.1 Å². The summed E-state index contributed by atoms with van der Waals surface area (Å²) in [4.78, 5) is 9.02. The Hall–Kier alpha value is -1.57. The molecule has 0 amide bonds. The van der Waals surface area contributed by atoms with Gasteiger partial charge in [0.2, 0.25) is 5.89 Å². The number of aromatic nitrogens is 1. The molecule has 2 N–H and O–H groups in total. The van der Waals surface area contributed by atoms with E-state index in [1.54, 1.807) is 6.26 Å². The Kier molecular flexibility index (Phi) is 9.44. The molecule has 1 aromatic carbocycles. The van der Waals surface area contributed by atoms with E-state index in [1.807, 2.05) is 12.1 Å². The highest BCUT2D eigenvalue weighted by Crippen LogP contribution is 2.19. The summed E-state index contributed by atoms with van der Waals surface area (Å²) in [5, 5.41) is 6.55. The lowest BCUT2D eigenvalue weighted by atomic mass is 10.1. The fourth-order valence-corrected chi connectivity index (χ4v) is 2.12. The zero-order valence-electron chi connectivity index (χ0n) is 14.6. The predicted octanol–water partition coefficient (Wildman–Crippen LogP) is 3.78. The first-order valence-corrected chi connectivity index (χ1v) is 8.26. The van der Waals surface area contributed by atoms with Crippen LogP contribution in [0.15, 0.2) is 39.9 Å². The summed E-state index contributed by atoms with van der Waals surface area (Å²) in [5.41, 5.74) is 3.18. The SMILES string of the molecule is CCCN=C(NCC)NCCc1coc(-c2ccc(C)cc2)n1.I. The third-order valence-corrected chi connectivity index (χ3v) is 3.36. The van der Waals surface area contributed by atoms with Crippen LogP contribution in [0.2, 0.25) is 0 Å². The van der Waals surface area contributed by atoms with Crippen LogP contribution in [0.25, 0.3) is 11.5 Å². The second-order valence-corrected chi connectivity index (χ2v) is 5.45. The standard InChI is InChI=1S/C18H26N4O.HI/c1-4-11-20-18(19-5-2)21-12-10-16-13-23-17(22-16)15-8-6-14(3)7-9-15;/h6-9,13H,4-5,10-12H2,1-3H3,(H2,19,20,21);1H. The van der Waals surface area contributed by atoms with Crippen molar-refractivity contribution in [1.29, 1.82) is 0 Å². The van der Waals surface area contributed by atoms with Crippen molar-refractivity contribution in [2.24, 2.45) is 4.99 Å². The van der Waals surface area contributed by atoms with Crippen molar-refractivity contribution < 1.29 is 4.42 Å². The van der Waals surface area contributed by atoms with Crippen molar-refractivity contribution in [2.45, 2.75) is 33.6 Å². The van der Waals surface area contributed by atoms with E-state index in [0.29, 0.717) is 5.89 Å². The fourth-order valence-electron chi connectivity index (χ4n) is 2.12. The molecule has 2 aromatic rings. The summed E-state index contributed by atoms with van der Waals surface area (Å²) in [6.07, 6.45) is 3.57. The fraction of sp³-hybridized carbons (Fsp3) is 0.444. The minimum Gasteiger partial charge on any atom is -0.444 e. The van der Waals surface area contributed by atoms with Gasteiger partial charge in [0, 0.05) is 31.6 Å². The molecule has 0 aliphatic carbocycles. The lowest BCUT2D eigenvalue weighted by Crippen LogP contribution is -2.38. The molecule has 0 unspecified atom stereocenters. The molecule has 0 saturated carbocycles. The van der Waals surface area contributed by atoms with Crippen molar-refractivity contribution >= 4 is 29.9 Å². The molecule has 0 fully saturated rings. The normalized spacial score (nSPS) is 11.0. The number of nitrogens with zero attached hydrogens (tertiary/aromatic N) is 2. The van der Waals surface area contributed by atoms with E-state index in [4.69, 9.17) is 4.42 Å². The molecule has 132 valence electrons. The van der Waals surface area contributed by atoms with Crippen LogP contribution < -0.4 is 10.6 Å². The third-order valence-electron chi connectivity index (χ3n) is 3.36. The number of nitrogens with one attached hydrogen (secondary N) is 2. The van der Waals surface area contributed by atoms with Crippen LogP contribution in [0.1, 0.15) is 31.5 Å². The summed E-state index contributed by atoms with van der Waals surface area (Å²) in [5.74, 6) is 1.53. The van der Waals surface area contributed by atoms with E-state index >= 15 is 0 Å². The van der Waals surface area contributed by atoms with Crippen molar-refractivity contribution in [2.75, 3.05) is 19.6 Å². The number of halogens is 1. The summed E-state index contributed by atoms with van der Waals surface area (Å²) in [6.45, 7) is 8.71. The van der Waals surface area contributed by atoms with Gasteiger partial charge in [-0.2, -0.15) is 0 Å². The number of benzene rings is 1. The van der Waals surface area contributed by atoms with Gasteiger partial charge in [-0.05, 0) is 32.4 Å². The number of oxazole rings is 1. The molecule has 0 bridgehead atoms. The first-order valence-electron chi connectivity index (χ1n) is 8.26. The van der Waals surface area contributed by atoms with Crippen LogP contribution in [0, 0.1) is 6.92 Å². The molecule has 0 radical (unpaired) electrons. The molecule has 24 heavy (non-hydrogen) atoms. The quantitative estimate of drug-likeness (QED) is 0.389. The topological polar surface area (TPSA) is 62.5 Å². The first-order chi connectivity index (χ1) is 11.2. The molecule has 1 heterocycles. The third kappa shape index (κ3) is 6.51. The molecule has 1 aromatic heterocycles. The van der Waals surface area contributed by atoms with Gasteiger partial charge in [-0.25, -0.2) is 4.98 Å². The van der Waals surface area contributed by atoms with Gasteiger partial charge in [0.1, 0.15) is 6.26 Å². The van der Waals surface area contributed by atoms with Crippen LogP contribution >= 0.6 is 24.0 Å². The highest BCUT2D eigenvalue weighted by molar-refractivity contribution is 14.0. The predicted molar refractivity (Wildman–Crippen MR) is 110 cm³/mol. The Morgan fingerprint density at radius 1 is 1.17 bits per heavy atom. The van der Waals surface area contributed by atoms with E-state index in [9.17, 15) is 0 Å². The zero-order valence-corrected chi connectivity index (χ0v) is 17.0. The second-order valence-electron chi connectivity index (χ2n) is 5.45. The van der Waals surface area contributed by atoms with Crippen LogP contribution in [0.5, 0.6) is 0 Å². The summed E-state index contributed by atoms with van der Waals surface area (Å²) < 4.78 is 5.58. The van der Waals surface area contributed by atoms with Gasteiger partial charge in [0.25, 0.3) is 0 Å². The van der Waals surface area contributed by atoms with Crippen molar-refractivity contribution in [1.82, 2.24) is 15.6 Å². The zero-order chi connectivity index (χ0) is 16.5. The maximum Gasteiger partial charge on any atom is 0.226 e. The van der Waals surface area contributed by atoms with Crippen LogP contribution in [-0.2, 0) is 6.42 Å². The van der Waals surface area contributed by atoms with E-state index < -0.39 is 0 Å². The Balaban J connectivity index is 0.00000288. The number of aryl methyl sites for hydroxylation is 1. The van der Waals surface area contributed by atoms with Crippen molar-refractivity contribution in [3.8, 4) is 11.5 Å². The van der Waals surface area contributed by atoms with E-state index in [-0.39, 0.29) is 24.0 Å². The van der Waals surface area contributed by atoms with Gasteiger partial charge in [-0.3, -0.25) is 4.99 Å². The smallest absolute Gasteiger partial charge is 0.226 e. The lowest BCUT2D eigenvalue weighted by molar-refractivity contribution is 0.572. The minimum absolute atomic E-state index is 0. The largest absolute Gasteiger partial charge is 0.444 e. The molecule has 0 aliphatic rings.